The standard InChI is InChI=1S/C12H13BrClNO3S/c1-7-2-3-8(9(13)4-7)12(16)15-11-6-19(17,18)5-10(11)14/h2-4,10-11H,5-6H2,1H3,(H,15,16). The minimum Gasteiger partial charge on any atom is -0.347 e. The topological polar surface area (TPSA) is 63.2 Å². The molecule has 1 aliphatic heterocycles. The number of alkyl halides is 1. The minimum atomic E-state index is -3.15. The summed E-state index contributed by atoms with van der Waals surface area (Å²) in [5.74, 6) is -0.509. The Morgan fingerprint density at radius 2 is 2.11 bits per heavy atom. The number of carbonyl (C=O) groups excluding carboxylic acids is 1. The summed E-state index contributed by atoms with van der Waals surface area (Å²) in [5, 5.41) is 2.11. The molecule has 4 nitrogen and oxygen atoms in total. The number of hydrogen-bond acceptors (Lipinski definition) is 3. The molecule has 0 spiro atoms. The van der Waals surface area contributed by atoms with Crippen molar-refractivity contribution in [2.75, 3.05) is 11.5 Å². The summed E-state index contributed by atoms with van der Waals surface area (Å²) in [6, 6.07) is 4.82. The molecular formula is C12H13BrClNO3S. The minimum absolute atomic E-state index is 0.0887. The zero-order valence-corrected chi connectivity index (χ0v) is 13.3. The van der Waals surface area contributed by atoms with E-state index in [-0.39, 0.29) is 17.4 Å². The molecule has 1 amide bonds. The molecule has 1 aromatic carbocycles. The van der Waals surface area contributed by atoms with Crippen molar-refractivity contribution in [3.8, 4) is 0 Å². The van der Waals surface area contributed by atoms with Gasteiger partial charge in [0.2, 0.25) is 0 Å². The third-order valence-corrected chi connectivity index (χ3v) is 6.00. The van der Waals surface area contributed by atoms with Gasteiger partial charge < -0.3 is 5.32 Å². The van der Waals surface area contributed by atoms with E-state index in [2.05, 4.69) is 21.2 Å². The Hall–Kier alpha value is -0.590. The number of nitrogens with one attached hydrogen (secondary N) is 1. The number of hydrogen-bond donors (Lipinski definition) is 1. The molecule has 1 heterocycles. The van der Waals surface area contributed by atoms with Crippen LogP contribution < -0.4 is 5.32 Å². The molecule has 1 saturated heterocycles. The average molecular weight is 367 g/mol. The van der Waals surface area contributed by atoms with Gasteiger partial charge in [-0.3, -0.25) is 4.79 Å². The summed E-state index contributed by atoms with van der Waals surface area (Å²) in [7, 11) is -3.15. The van der Waals surface area contributed by atoms with Crippen LogP contribution in [0.5, 0.6) is 0 Å². The van der Waals surface area contributed by atoms with Crippen molar-refractivity contribution in [2.24, 2.45) is 0 Å². The monoisotopic (exact) mass is 365 g/mol. The second kappa shape index (κ2) is 5.42. The van der Waals surface area contributed by atoms with Gasteiger partial charge in [-0.15, -0.1) is 11.6 Å². The summed E-state index contributed by atoms with van der Waals surface area (Å²) in [4.78, 5) is 12.1. The van der Waals surface area contributed by atoms with Crippen LogP contribution >= 0.6 is 27.5 Å². The zero-order valence-electron chi connectivity index (χ0n) is 10.2. The molecule has 7 heteroatoms. The van der Waals surface area contributed by atoms with Crippen LogP contribution in [0.3, 0.4) is 0 Å². The fourth-order valence-corrected chi connectivity index (χ4v) is 5.21. The maximum Gasteiger partial charge on any atom is 0.252 e. The van der Waals surface area contributed by atoms with E-state index in [0.717, 1.165) is 5.56 Å². The van der Waals surface area contributed by atoms with Crippen LogP contribution in [0, 0.1) is 6.92 Å². The lowest BCUT2D eigenvalue weighted by Gasteiger charge is -2.15. The van der Waals surface area contributed by atoms with Crippen LogP contribution in [0.15, 0.2) is 22.7 Å². The fraction of sp³-hybridized carbons (Fsp3) is 0.417. The maximum absolute atomic E-state index is 12.1. The van der Waals surface area contributed by atoms with Crippen LogP contribution in [0.4, 0.5) is 0 Å². The molecule has 0 radical (unpaired) electrons. The number of sulfone groups is 1. The van der Waals surface area contributed by atoms with Gasteiger partial charge in [0, 0.05) is 4.47 Å². The predicted octanol–water partition coefficient (Wildman–Crippen LogP) is 1.89. The highest BCUT2D eigenvalue weighted by molar-refractivity contribution is 9.10. The molecular weight excluding hydrogens is 354 g/mol. The Kier molecular flexibility index (Phi) is 4.23. The largest absolute Gasteiger partial charge is 0.347 e. The number of aryl methyl sites for hydroxylation is 1. The molecule has 19 heavy (non-hydrogen) atoms. The van der Waals surface area contributed by atoms with Gasteiger partial charge in [-0.25, -0.2) is 8.42 Å². The fourth-order valence-electron chi connectivity index (χ4n) is 1.99. The first-order valence-electron chi connectivity index (χ1n) is 5.70. The summed E-state index contributed by atoms with van der Waals surface area (Å²) < 4.78 is 23.5. The van der Waals surface area contributed by atoms with Gasteiger partial charge in [0.05, 0.1) is 28.5 Å². The van der Waals surface area contributed by atoms with Crippen molar-refractivity contribution in [1.29, 1.82) is 0 Å². The third kappa shape index (κ3) is 3.49. The zero-order chi connectivity index (χ0) is 14.2. The van der Waals surface area contributed by atoms with E-state index in [0.29, 0.717) is 10.0 Å². The van der Waals surface area contributed by atoms with E-state index < -0.39 is 21.3 Å². The molecule has 1 fully saturated rings. The second-order valence-electron chi connectivity index (χ2n) is 4.66. The number of amides is 1. The molecule has 104 valence electrons. The van der Waals surface area contributed by atoms with Gasteiger partial charge in [-0.05, 0) is 40.5 Å². The van der Waals surface area contributed by atoms with Gasteiger partial charge in [0.15, 0.2) is 9.84 Å². The highest BCUT2D eigenvalue weighted by Gasteiger charge is 2.37. The lowest BCUT2D eigenvalue weighted by molar-refractivity contribution is 0.0941. The smallest absolute Gasteiger partial charge is 0.252 e. The molecule has 0 saturated carbocycles. The normalized spacial score (nSPS) is 25.2. The van der Waals surface area contributed by atoms with Crippen molar-refractivity contribution in [3.63, 3.8) is 0 Å². The first-order valence-corrected chi connectivity index (χ1v) is 8.75. The van der Waals surface area contributed by atoms with Gasteiger partial charge in [0.1, 0.15) is 0 Å². The van der Waals surface area contributed by atoms with Crippen molar-refractivity contribution < 1.29 is 13.2 Å². The van der Waals surface area contributed by atoms with E-state index in [1.807, 2.05) is 19.1 Å². The Bertz CT molecular complexity index is 617. The second-order valence-corrected chi connectivity index (χ2v) is 8.22. The Morgan fingerprint density at radius 3 is 2.63 bits per heavy atom. The van der Waals surface area contributed by atoms with E-state index in [1.54, 1.807) is 6.07 Å². The molecule has 2 unspecified atom stereocenters. The molecule has 1 aromatic rings. The van der Waals surface area contributed by atoms with E-state index in [9.17, 15) is 13.2 Å². The van der Waals surface area contributed by atoms with E-state index >= 15 is 0 Å². The number of halogens is 2. The molecule has 0 aliphatic carbocycles. The average Bonchev–Trinajstić information content (AvgIpc) is 2.51. The number of carbonyl (C=O) groups is 1. The summed E-state index contributed by atoms with van der Waals surface area (Å²) in [6.07, 6.45) is 0. The van der Waals surface area contributed by atoms with Gasteiger partial charge >= 0.3 is 0 Å². The quantitative estimate of drug-likeness (QED) is 0.813. The van der Waals surface area contributed by atoms with Gasteiger partial charge in [0.25, 0.3) is 5.91 Å². The Labute approximate surface area is 125 Å². The molecule has 0 aromatic heterocycles. The molecule has 1 N–H and O–H groups in total. The van der Waals surface area contributed by atoms with Crippen molar-refractivity contribution in [3.05, 3.63) is 33.8 Å². The maximum atomic E-state index is 12.1. The van der Waals surface area contributed by atoms with Crippen LogP contribution in [-0.2, 0) is 9.84 Å². The Balaban J connectivity index is 2.14. The van der Waals surface area contributed by atoms with E-state index in [1.165, 1.54) is 0 Å². The van der Waals surface area contributed by atoms with Gasteiger partial charge in [-0.2, -0.15) is 0 Å². The summed E-state index contributed by atoms with van der Waals surface area (Å²) in [5.41, 5.74) is 1.50. The van der Waals surface area contributed by atoms with Crippen LogP contribution in [0.25, 0.3) is 0 Å². The summed E-state index contributed by atoms with van der Waals surface area (Å²) >= 11 is 9.28. The molecule has 1 aliphatic rings. The lowest BCUT2D eigenvalue weighted by atomic mass is 10.1. The highest BCUT2D eigenvalue weighted by atomic mass is 79.9. The number of benzene rings is 1. The number of rotatable bonds is 2. The van der Waals surface area contributed by atoms with Crippen molar-refractivity contribution >= 4 is 43.3 Å². The molecule has 2 atom stereocenters. The molecule has 0 bridgehead atoms. The lowest BCUT2D eigenvalue weighted by Crippen LogP contribution is -2.40. The predicted molar refractivity (Wildman–Crippen MR) is 78.4 cm³/mol. The van der Waals surface area contributed by atoms with Crippen LogP contribution in [-0.4, -0.2) is 37.2 Å². The Morgan fingerprint density at radius 1 is 1.42 bits per heavy atom. The summed E-state index contributed by atoms with van der Waals surface area (Å²) in [6.45, 7) is 1.92. The first-order chi connectivity index (χ1) is 8.78. The SMILES string of the molecule is Cc1ccc(C(=O)NC2CS(=O)(=O)CC2Cl)c(Br)c1. The first kappa shape index (κ1) is 14.8. The van der Waals surface area contributed by atoms with Crippen LogP contribution in [0.1, 0.15) is 15.9 Å². The van der Waals surface area contributed by atoms with E-state index in [4.69, 9.17) is 11.6 Å². The molecule has 2 rings (SSSR count). The van der Waals surface area contributed by atoms with Crippen LogP contribution in [0.2, 0.25) is 0 Å². The van der Waals surface area contributed by atoms with Crippen molar-refractivity contribution in [2.45, 2.75) is 18.3 Å². The third-order valence-electron chi connectivity index (χ3n) is 2.97. The van der Waals surface area contributed by atoms with Crippen molar-refractivity contribution in [1.82, 2.24) is 5.32 Å². The van der Waals surface area contributed by atoms with Gasteiger partial charge in [-0.1, -0.05) is 6.07 Å². The highest BCUT2D eigenvalue weighted by Crippen LogP contribution is 2.21.